The number of thioether (sulfide) groups is 1. The Labute approximate surface area is 121 Å². The summed E-state index contributed by atoms with van der Waals surface area (Å²) in [5.74, 6) is 1.80. The molecular formula is C17H25NS. The maximum atomic E-state index is 3.65. The summed E-state index contributed by atoms with van der Waals surface area (Å²) in [5.41, 5.74) is 1.56. The Balaban J connectivity index is 1.71. The van der Waals surface area contributed by atoms with Gasteiger partial charge >= 0.3 is 0 Å². The van der Waals surface area contributed by atoms with Gasteiger partial charge in [-0.25, -0.2) is 0 Å². The molecule has 104 valence electrons. The summed E-state index contributed by atoms with van der Waals surface area (Å²) in [7, 11) is 2.16. The molecule has 2 heteroatoms. The molecule has 4 unspecified atom stereocenters. The fourth-order valence-electron chi connectivity index (χ4n) is 3.94. The Hall–Kier alpha value is -0.470. The Kier molecular flexibility index (Phi) is 4.18. The molecule has 1 fully saturated rings. The van der Waals surface area contributed by atoms with E-state index in [1.807, 2.05) is 0 Å². The van der Waals surface area contributed by atoms with Crippen LogP contribution in [0, 0.1) is 11.8 Å². The van der Waals surface area contributed by atoms with Crippen LogP contribution in [-0.2, 0) is 6.42 Å². The number of nitrogens with one attached hydrogen (secondary N) is 1. The number of rotatable bonds is 3. The van der Waals surface area contributed by atoms with E-state index in [1.165, 1.54) is 37.0 Å². The summed E-state index contributed by atoms with van der Waals surface area (Å²) in [4.78, 5) is 1.51. The zero-order chi connectivity index (χ0) is 13.2. The normalized spacial score (nSPS) is 32.0. The molecule has 1 aliphatic carbocycles. The molecule has 1 N–H and O–H groups in total. The minimum atomic E-state index is 0.681. The van der Waals surface area contributed by atoms with E-state index in [9.17, 15) is 0 Å². The molecule has 0 aromatic heterocycles. The molecule has 1 aliphatic heterocycles. The van der Waals surface area contributed by atoms with Crippen molar-refractivity contribution >= 4 is 11.8 Å². The van der Waals surface area contributed by atoms with E-state index in [1.54, 1.807) is 5.56 Å². The lowest BCUT2D eigenvalue weighted by Gasteiger charge is -2.36. The van der Waals surface area contributed by atoms with Gasteiger partial charge in [-0.1, -0.05) is 38.0 Å². The van der Waals surface area contributed by atoms with Crippen LogP contribution in [0.2, 0.25) is 0 Å². The van der Waals surface area contributed by atoms with Gasteiger partial charge in [0.05, 0.1) is 0 Å². The van der Waals surface area contributed by atoms with Crippen molar-refractivity contribution in [1.82, 2.24) is 5.32 Å². The third-order valence-electron chi connectivity index (χ3n) is 4.89. The smallest absolute Gasteiger partial charge is 0.0291 e. The first-order valence-electron chi connectivity index (χ1n) is 7.69. The lowest BCUT2D eigenvalue weighted by Crippen LogP contribution is -2.43. The number of fused-ring (bicyclic) bond motifs is 1. The predicted octanol–water partition coefficient (Wildman–Crippen LogP) is 4.12. The second kappa shape index (κ2) is 5.88. The van der Waals surface area contributed by atoms with Gasteiger partial charge in [-0.3, -0.25) is 0 Å². The van der Waals surface area contributed by atoms with E-state index < -0.39 is 0 Å². The largest absolute Gasteiger partial charge is 0.316 e. The molecule has 19 heavy (non-hydrogen) atoms. The van der Waals surface area contributed by atoms with Crippen molar-refractivity contribution in [2.24, 2.45) is 11.8 Å². The van der Waals surface area contributed by atoms with Crippen molar-refractivity contribution in [1.29, 1.82) is 0 Å². The molecule has 0 radical (unpaired) electrons. The predicted molar refractivity (Wildman–Crippen MR) is 83.8 cm³/mol. The Morgan fingerprint density at radius 2 is 2.11 bits per heavy atom. The average molecular weight is 275 g/mol. The molecule has 4 atom stereocenters. The molecule has 1 heterocycles. The van der Waals surface area contributed by atoms with Crippen LogP contribution in [-0.4, -0.2) is 18.3 Å². The van der Waals surface area contributed by atoms with Gasteiger partial charge in [-0.2, -0.15) is 0 Å². The Morgan fingerprint density at radius 1 is 1.26 bits per heavy atom. The van der Waals surface area contributed by atoms with Crippen LogP contribution in [0.15, 0.2) is 29.2 Å². The maximum absolute atomic E-state index is 3.65. The molecule has 0 saturated heterocycles. The first-order valence-corrected chi connectivity index (χ1v) is 8.57. The van der Waals surface area contributed by atoms with Crippen LogP contribution in [0.4, 0.5) is 0 Å². The van der Waals surface area contributed by atoms with Crippen molar-refractivity contribution in [3.05, 3.63) is 29.8 Å². The zero-order valence-corrected chi connectivity index (χ0v) is 12.9. The first-order chi connectivity index (χ1) is 9.28. The summed E-state index contributed by atoms with van der Waals surface area (Å²) in [6.07, 6.45) is 6.94. The molecule has 1 aromatic rings. The minimum absolute atomic E-state index is 0.681. The van der Waals surface area contributed by atoms with Gasteiger partial charge in [0.15, 0.2) is 0 Å². The second-order valence-electron chi connectivity index (χ2n) is 6.31. The van der Waals surface area contributed by atoms with Crippen LogP contribution in [0.25, 0.3) is 0 Å². The van der Waals surface area contributed by atoms with E-state index in [2.05, 4.69) is 55.3 Å². The Morgan fingerprint density at radius 3 is 2.84 bits per heavy atom. The highest BCUT2D eigenvalue weighted by atomic mass is 32.2. The topological polar surface area (TPSA) is 12.0 Å². The van der Waals surface area contributed by atoms with Crippen molar-refractivity contribution in [3.8, 4) is 0 Å². The van der Waals surface area contributed by atoms with Gasteiger partial charge in [0.25, 0.3) is 0 Å². The van der Waals surface area contributed by atoms with E-state index in [4.69, 9.17) is 0 Å². The monoisotopic (exact) mass is 275 g/mol. The van der Waals surface area contributed by atoms with Crippen LogP contribution in [0.5, 0.6) is 0 Å². The summed E-state index contributed by atoms with van der Waals surface area (Å²) in [6.45, 7) is 2.43. The summed E-state index contributed by atoms with van der Waals surface area (Å²) in [5, 5.41) is 4.38. The fourth-order valence-corrected chi connectivity index (χ4v) is 5.50. The van der Waals surface area contributed by atoms with E-state index in [0.29, 0.717) is 6.04 Å². The summed E-state index contributed by atoms with van der Waals surface area (Å²) in [6, 6.07) is 9.62. The van der Waals surface area contributed by atoms with E-state index in [0.717, 1.165) is 17.1 Å². The molecular weight excluding hydrogens is 250 g/mol. The molecule has 0 bridgehead atoms. The van der Waals surface area contributed by atoms with Crippen LogP contribution in [0.1, 0.15) is 38.2 Å². The van der Waals surface area contributed by atoms with Gasteiger partial charge in [-0.15, -0.1) is 11.8 Å². The average Bonchev–Trinajstić information content (AvgIpc) is 2.83. The molecule has 0 amide bonds. The standard InChI is InChI=1S/C17H25NS/c1-12-6-5-8-14(10-12)17(18-2)16-11-13-7-3-4-9-15(13)19-16/h3-4,7,9,12,14,16-18H,5-6,8,10-11H2,1-2H3. The highest BCUT2D eigenvalue weighted by Gasteiger charge is 2.35. The quantitative estimate of drug-likeness (QED) is 0.890. The lowest BCUT2D eigenvalue weighted by atomic mass is 9.77. The zero-order valence-electron chi connectivity index (χ0n) is 12.1. The molecule has 1 aromatic carbocycles. The first kappa shape index (κ1) is 13.5. The third kappa shape index (κ3) is 2.85. The van der Waals surface area contributed by atoms with Gasteiger partial charge in [0, 0.05) is 16.2 Å². The van der Waals surface area contributed by atoms with Crippen molar-refractivity contribution in [2.75, 3.05) is 7.05 Å². The van der Waals surface area contributed by atoms with Gasteiger partial charge in [-0.05, 0) is 49.8 Å². The van der Waals surface area contributed by atoms with E-state index >= 15 is 0 Å². The third-order valence-corrected chi connectivity index (χ3v) is 6.31. The molecule has 1 saturated carbocycles. The van der Waals surface area contributed by atoms with Crippen LogP contribution < -0.4 is 5.32 Å². The molecule has 3 rings (SSSR count). The van der Waals surface area contributed by atoms with Gasteiger partial charge < -0.3 is 5.32 Å². The number of hydrogen-bond donors (Lipinski definition) is 1. The fraction of sp³-hybridized carbons (Fsp3) is 0.647. The minimum Gasteiger partial charge on any atom is -0.316 e. The van der Waals surface area contributed by atoms with Gasteiger partial charge in [0.1, 0.15) is 0 Å². The number of benzene rings is 1. The molecule has 2 aliphatic rings. The summed E-state index contributed by atoms with van der Waals surface area (Å²) < 4.78 is 0. The maximum Gasteiger partial charge on any atom is 0.0291 e. The summed E-state index contributed by atoms with van der Waals surface area (Å²) >= 11 is 2.10. The van der Waals surface area contributed by atoms with Gasteiger partial charge in [0.2, 0.25) is 0 Å². The van der Waals surface area contributed by atoms with Crippen molar-refractivity contribution < 1.29 is 0 Å². The second-order valence-corrected chi connectivity index (χ2v) is 7.60. The molecule has 1 nitrogen and oxygen atoms in total. The highest BCUT2D eigenvalue weighted by molar-refractivity contribution is 8.00. The SMILES string of the molecule is CNC(C1CCCC(C)C1)C1Cc2ccccc2S1. The van der Waals surface area contributed by atoms with Crippen LogP contribution in [0.3, 0.4) is 0 Å². The Bertz CT molecular complexity index is 406. The highest BCUT2D eigenvalue weighted by Crippen LogP contribution is 2.42. The van der Waals surface area contributed by atoms with Crippen molar-refractivity contribution in [3.63, 3.8) is 0 Å². The molecule has 0 spiro atoms. The number of hydrogen-bond acceptors (Lipinski definition) is 2. The van der Waals surface area contributed by atoms with Crippen molar-refractivity contribution in [2.45, 2.75) is 55.2 Å². The lowest BCUT2D eigenvalue weighted by molar-refractivity contribution is 0.225. The van der Waals surface area contributed by atoms with Crippen LogP contribution >= 0.6 is 11.8 Å². The van der Waals surface area contributed by atoms with E-state index in [-0.39, 0.29) is 0 Å².